The molecule has 2 heterocycles. The van der Waals surface area contributed by atoms with E-state index in [0.717, 1.165) is 5.56 Å². The van der Waals surface area contributed by atoms with Crippen molar-refractivity contribution in [1.82, 2.24) is 9.55 Å². The summed E-state index contributed by atoms with van der Waals surface area (Å²) in [5, 5.41) is 3.24. The molecule has 0 saturated heterocycles. The Kier molecular flexibility index (Phi) is 6.63. The number of aromatic nitrogens is 2. The van der Waals surface area contributed by atoms with Crippen LogP contribution in [0, 0.1) is 5.82 Å². The molecule has 8 nitrogen and oxygen atoms in total. The lowest BCUT2D eigenvalue weighted by Crippen LogP contribution is -2.26. The number of nitrogens with zero attached hydrogens (tertiary/aromatic N) is 3. The molecule has 9 heteroatoms. The van der Waals surface area contributed by atoms with Crippen LogP contribution in [0.5, 0.6) is 0 Å². The van der Waals surface area contributed by atoms with Crippen molar-refractivity contribution in [2.75, 3.05) is 16.8 Å². The van der Waals surface area contributed by atoms with Gasteiger partial charge in [-0.25, -0.2) is 14.1 Å². The number of hydrogen-bond donors (Lipinski definition) is 1. The van der Waals surface area contributed by atoms with Crippen LogP contribution in [0.2, 0.25) is 0 Å². The standard InChI is InChI=1S/C25H21FN4O4/c1-2-34-25(33)30(19-9-11-27-12-10-19)20-7-8-21-22(28-24(32)16-31)15-29(23(21)13-20)14-17-3-5-18(26)6-4-17/h3-13,15-16H,2,14H2,1H3,(H,28,32). The molecule has 0 bridgehead atoms. The minimum absolute atomic E-state index is 0.198. The lowest BCUT2D eigenvalue weighted by molar-refractivity contribution is -0.127. The number of anilines is 3. The van der Waals surface area contributed by atoms with Gasteiger partial charge in [0.1, 0.15) is 5.82 Å². The van der Waals surface area contributed by atoms with Gasteiger partial charge in [-0.3, -0.25) is 14.6 Å². The molecule has 0 fully saturated rings. The van der Waals surface area contributed by atoms with E-state index in [9.17, 15) is 18.8 Å². The van der Waals surface area contributed by atoms with Crippen LogP contribution in [0.15, 0.2) is 73.2 Å². The van der Waals surface area contributed by atoms with E-state index in [0.29, 0.717) is 34.5 Å². The Bertz CT molecular complexity index is 1340. The highest BCUT2D eigenvalue weighted by Crippen LogP contribution is 2.33. The second kappa shape index (κ2) is 9.95. The lowest BCUT2D eigenvalue weighted by atomic mass is 10.2. The minimum Gasteiger partial charge on any atom is -0.449 e. The zero-order valence-electron chi connectivity index (χ0n) is 18.3. The summed E-state index contributed by atoms with van der Waals surface area (Å²) in [5.41, 5.74) is 3.05. The van der Waals surface area contributed by atoms with E-state index in [4.69, 9.17) is 4.74 Å². The third-order valence-corrected chi connectivity index (χ3v) is 5.13. The maximum atomic E-state index is 13.4. The third kappa shape index (κ3) is 4.78. The molecule has 0 atom stereocenters. The lowest BCUT2D eigenvalue weighted by Gasteiger charge is -2.22. The molecule has 0 aliphatic rings. The van der Waals surface area contributed by atoms with Crippen molar-refractivity contribution >= 4 is 46.3 Å². The zero-order chi connectivity index (χ0) is 24.1. The Balaban J connectivity index is 1.83. The number of pyridine rings is 1. The molecule has 0 saturated carbocycles. The van der Waals surface area contributed by atoms with Gasteiger partial charge >= 0.3 is 6.09 Å². The summed E-state index contributed by atoms with van der Waals surface area (Å²) in [4.78, 5) is 40.9. The predicted octanol–water partition coefficient (Wildman–Crippen LogP) is 4.66. The van der Waals surface area contributed by atoms with Gasteiger partial charge in [-0.1, -0.05) is 12.1 Å². The summed E-state index contributed by atoms with van der Waals surface area (Å²) < 4.78 is 20.5. The number of rotatable bonds is 7. The summed E-state index contributed by atoms with van der Waals surface area (Å²) in [5.74, 6) is -1.13. The first kappa shape index (κ1) is 22.7. The predicted molar refractivity (Wildman–Crippen MR) is 126 cm³/mol. The van der Waals surface area contributed by atoms with Gasteiger partial charge in [0, 0.05) is 30.5 Å². The van der Waals surface area contributed by atoms with E-state index in [2.05, 4.69) is 10.3 Å². The third-order valence-electron chi connectivity index (χ3n) is 5.13. The molecule has 2 amide bonds. The first-order valence-corrected chi connectivity index (χ1v) is 10.5. The van der Waals surface area contributed by atoms with Gasteiger partial charge in [-0.15, -0.1) is 0 Å². The smallest absolute Gasteiger partial charge is 0.418 e. The summed E-state index contributed by atoms with van der Waals surface area (Å²) in [6.45, 7) is 2.29. The first-order valence-electron chi connectivity index (χ1n) is 10.5. The second-order valence-corrected chi connectivity index (χ2v) is 7.35. The van der Waals surface area contributed by atoms with Crippen LogP contribution < -0.4 is 10.2 Å². The van der Waals surface area contributed by atoms with Crippen LogP contribution in [0.3, 0.4) is 0 Å². The number of carbonyl (C=O) groups excluding carboxylic acids is 3. The van der Waals surface area contributed by atoms with Crippen LogP contribution >= 0.6 is 0 Å². The molecule has 1 N–H and O–H groups in total. The Hall–Kier alpha value is -4.53. The molecule has 2 aromatic heterocycles. The minimum atomic E-state index is -0.783. The van der Waals surface area contributed by atoms with E-state index in [1.807, 2.05) is 4.57 Å². The fourth-order valence-electron chi connectivity index (χ4n) is 3.64. The molecule has 0 radical (unpaired) electrons. The number of hydrogen-bond acceptors (Lipinski definition) is 5. The highest BCUT2D eigenvalue weighted by atomic mass is 19.1. The van der Waals surface area contributed by atoms with E-state index in [-0.39, 0.29) is 18.7 Å². The summed E-state index contributed by atoms with van der Waals surface area (Å²) in [6.07, 6.45) is 4.48. The van der Waals surface area contributed by atoms with Crippen molar-refractivity contribution in [3.8, 4) is 0 Å². The van der Waals surface area contributed by atoms with Crippen molar-refractivity contribution in [2.24, 2.45) is 0 Å². The van der Waals surface area contributed by atoms with Gasteiger partial charge in [0.25, 0.3) is 5.91 Å². The molecule has 0 aliphatic carbocycles. The molecule has 0 spiro atoms. The van der Waals surface area contributed by atoms with Crippen LogP contribution in [-0.4, -0.2) is 34.4 Å². The molecular weight excluding hydrogens is 439 g/mol. The highest BCUT2D eigenvalue weighted by Gasteiger charge is 2.21. The monoisotopic (exact) mass is 460 g/mol. The SMILES string of the molecule is CCOC(=O)N(c1ccncc1)c1ccc2c(NC(=O)C=O)cn(Cc3ccc(F)cc3)c2c1. The van der Waals surface area contributed by atoms with Crippen molar-refractivity contribution in [3.63, 3.8) is 0 Å². The van der Waals surface area contributed by atoms with E-state index < -0.39 is 12.0 Å². The Morgan fingerprint density at radius 2 is 1.82 bits per heavy atom. The zero-order valence-corrected chi connectivity index (χ0v) is 18.3. The van der Waals surface area contributed by atoms with Gasteiger partial charge in [0.2, 0.25) is 6.29 Å². The maximum absolute atomic E-state index is 13.4. The van der Waals surface area contributed by atoms with Crippen LogP contribution in [0.25, 0.3) is 10.9 Å². The molecule has 4 aromatic rings. The number of nitrogens with one attached hydrogen (secondary N) is 1. The number of amides is 2. The second-order valence-electron chi connectivity index (χ2n) is 7.35. The van der Waals surface area contributed by atoms with Gasteiger partial charge in [0.15, 0.2) is 0 Å². The number of halogens is 1. The van der Waals surface area contributed by atoms with Crippen molar-refractivity contribution in [2.45, 2.75) is 13.5 Å². The van der Waals surface area contributed by atoms with Crippen molar-refractivity contribution in [1.29, 1.82) is 0 Å². The molecule has 34 heavy (non-hydrogen) atoms. The van der Waals surface area contributed by atoms with E-state index in [1.165, 1.54) is 17.0 Å². The van der Waals surface area contributed by atoms with E-state index in [1.54, 1.807) is 68.0 Å². The number of ether oxygens (including phenoxy) is 1. The van der Waals surface area contributed by atoms with Crippen molar-refractivity contribution < 1.29 is 23.5 Å². The quantitative estimate of drug-likeness (QED) is 0.320. The van der Waals surface area contributed by atoms with Crippen LogP contribution in [0.4, 0.5) is 26.2 Å². The molecule has 0 unspecified atom stereocenters. The average Bonchev–Trinajstić information content (AvgIpc) is 3.17. The van der Waals surface area contributed by atoms with Crippen LogP contribution in [-0.2, 0) is 20.9 Å². The molecule has 0 aliphatic heterocycles. The topological polar surface area (TPSA) is 93.5 Å². The highest BCUT2D eigenvalue weighted by molar-refractivity contribution is 6.30. The van der Waals surface area contributed by atoms with Crippen LogP contribution in [0.1, 0.15) is 12.5 Å². The van der Waals surface area contributed by atoms with Gasteiger partial charge in [-0.2, -0.15) is 0 Å². The number of carbonyl (C=O) groups is 3. The number of fused-ring (bicyclic) bond motifs is 1. The van der Waals surface area contributed by atoms with Gasteiger partial charge in [-0.05, 0) is 55.0 Å². The largest absolute Gasteiger partial charge is 0.449 e. The fraction of sp³-hybridized carbons (Fsp3) is 0.120. The maximum Gasteiger partial charge on any atom is 0.418 e. The summed E-state index contributed by atoms with van der Waals surface area (Å²) >= 11 is 0. The molecule has 2 aromatic carbocycles. The van der Waals surface area contributed by atoms with Gasteiger partial charge in [0.05, 0.1) is 29.2 Å². The average molecular weight is 460 g/mol. The first-order chi connectivity index (χ1) is 16.5. The summed E-state index contributed by atoms with van der Waals surface area (Å²) in [7, 11) is 0. The van der Waals surface area contributed by atoms with E-state index >= 15 is 0 Å². The Morgan fingerprint density at radius 3 is 2.50 bits per heavy atom. The number of benzene rings is 2. The van der Waals surface area contributed by atoms with Crippen molar-refractivity contribution in [3.05, 3.63) is 84.6 Å². The van der Waals surface area contributed by atoms with Gasteiger partial charge < -0.3 is 14.6 Å². The normalized spacial score (nSPS) is 10.6. The molecule has 172 valence electrons. The fourth-order valence-corrected chi connectivity index (χ4v) is 3.64. The number of aldehydes is 1. The molecule has 4 rings (SSSR count). The molecular formula is C25H21FN4O4. The Morgan fingerprint density at radius 1 is 1.09 bits per heavy atom. The Labute approximate surface area is 194 Å². The summed E-state index contributed by atoms with van der Waals surface area (Å²) in [6, 6.07) is 14.7.